The molecule has 1 atom stereocenters. The van der Waals surface area contributed by atoms with Gasteiger partial charge >= 0.3 is 0 Å². The van der Waals surface area contributed by atoms with Crippen LogP contribution in [0.5, 0.6) is 0 Å². The number of hydrogen-bond donors (Lipinski definition) is 1. The minimum atomic E-state index is 0.513. The second-order valence-electron chi connectivity index (χ2n) is 3.10. The minimum Gasteiger partial charge on any atom is -0.365 e. The van der Waals surface area contributed by atoms with E-state index in [4.69, 9.17) is 0 Å². The van der Waals surface area contributed by atoms with Gasteiger partial charge in [-0.1, -0.05) is 30.4 Å². The first-order valence-corrected chi connectivity index (χ1v) is 5.16. The summed E-state index contributed by atoms with van der Waals surface area (Å²) in [6, 6.07) is 0. The minimum absolute atomic E-state index is 0.513. The summed E-state index contributed by atoms with van der Waals surface area (Å²) in [7, 11) is 1.90. The van der Waals surface area contributed by atoms with Crippen molar-refractivity contribution in [2.45, 2.75) is 6.92 Å². The van der Waals surface area contributed by atoms with Gasteiger partial charge in [-0.05, 0) is 18.1 Å². The summed E-state index contributed by atoms with van der Waals surface area (Å²) in [5.74, 6) is 0.513. The molecule has 1 aliphatic rings. The van der Waals surface area contributed by atoms with Crippen molar-refractivity contribution >= 4 is 28.6 Å². The number of anilines is 1. The van der Waals surface area contributed by atoms with Crippen molar-refractivity contribution in [1.82, 2.24) is 4.98 Å². The van der Waals surface area contributed by atoms with E-state index in [9.17, 15) is 0 Å². The Kier molecular flexibility index (Phi) is 2.19. The summed E-state index contributed by atoms with van der Waals surface area (Å²) < 4.78 is 0. The second-order valence-corrected chi connectivity index (χ2v) is 4.13. The smallest absolute Gasteiger partial charge is 0.183 e. The normalized spacial score (nSPS) is 19.7. The van der Waals surface area contributed by atoms with Crippen molar-refractivity contribution in [2.75, 3.05) is 12.4 Å². The lowest BCUT2D eigenvalue weighted by Crippen LogP contribution is -1.85. The van der Waals surface area contributed by atoms with Crippen LogP contribution < -0.4 is 5.32 Å². The fraction of sp³-hybridized carbons (Fsp3) is 0.300. The number of hydrogen-bond acceptors (Lipinski definition) is 3. The van der Waals surface area contributed by atoms with Crippen LogP contribution in [0.1, 0.15) is 17.5 Å². The lowest BCUT2D eigenvalue weighted by Gasteiger charge is -1.92. The molecule has 1 N–H and O–H groups in total. The van der Waals surface area contributed by atoms with Crippen molar-refractivity contribution in [3.8, 4) is 0 Å². The van der Waals surface area contributed by atoms with E-state index in [0.29, 0.717) is 5.92 Å². The molecule has 1 heterocycles. The molecule has 0 amide bonds. The van der Waals surface area contributed by atoms with Crippen LogP contribution in [0.2, 0.25) is 0 Å². The van der Waals surface area contributed by atoms with Gasteiger partial charge in [-0.2, -0.15) is 0 Å². The Morgan fingerprint density at radius 2 is 2.15 bits per heavy atom. The summed E-state index contributed by atoms with van der Waals surface area (Å²) in [6.45, 7) is 2.17. The fourth-order valence-electron chi connectivity index (χ4n) is 1.24. The maximum Gasteiger partial charge on any atom is 0.183 e. The van der Waals surface area contributed by atoms with Gasteiger partial charge in [0.2, 0.25) is 0 Å². The Labute approximate surface area is 82.0 Å². The molecule has 1 aromatic rings. The maximum atomic E-state index is 4.43. The first-order valence-electron chi connectivity index (χ1n) is 4.34. The molecule has 13 heavy (non-hydrogen) atoms. The molecule has 0 spiro atoms. The summed E-state index contributed by atoms with van der Waals surface area (Å²) >= 11 is 1.69. The van der Waals surface area contributed by atoms with Gasteiger partial charge in [0.1, 0.15) is 0 Å². The average Bonchev–Trinajstić information content (AvgIpc) is 2.47. The Morgan fingerprint density at radius 1 is 1.38 bits per heavy atom. The van der Waals surface area contributed by atoms with E-state index < -0.39 is 0 Å². The molecular formula is C10H12N2S. The molecule has 0 bridgehead atoms. The molecule has 0 aliphatic heterocycles. The highest BCUT2D eigenvalue weighted by atomic mass is 32.1. The number of nitrogens with zero attached hydrogens (tertiary/aromatic N) is 1. The molecule has 0 saturated heterocycles. The summed E-state index contributed by atoms with van der Waals surface area (Å²) in [5.41, 5.74) is 1.08. The van der Waals surface area contributed by atoms with E-state index in [0.717, 1.165) is 10.8 Å². The number of aromatic nitrogens is 1. The molecule has 3 heteroatoms. The zero-order valence-corrected chi connectivity index (χ0v) is 8.56. The van der Waals surface area contributed by atoms with Crippen molar-refractivity contribution < 1.29 is 0 Å². The molecule has 2 rings (SSSR count). The summed E-state index contributed by atoms with van der Waals surface area (Å²) in [5, 5.41) is 4.04. The third-order valence-corrected chi connectivity index (χ3v) is 3.06. The van der Waals surface area contributed by atoms with Crippen LogP contribution in [0, 0.1) is 5.92 Å². The van der Waals surface area contributed by atoms with Crippen LogP contribution in [-0.2, 0) is 0 Å². The molecule has 0 radical (unpaired) electrons. The van der Waals surface area contributed by atoms with Crippen molar-refractivity contribution in [2.24, 2.45) is 5.92 Å². The fourth-order valence-corrected chi connectivity index (χ4v) is 2.05. The van der Waals surface area contributed by atoms with Crippen LogP contribution in [-0.4, -0.2) is 12.0 Å². The van der Waals surface area contributed by atoms with Gasteiger partial charge in [0.05, 0.1) is 10.6 Å². The predicted octanol–water partition coefficient (Wildman–Crippen LogP) is 2.86. The van der Waals surface area contributed by atoms with Crippen LogP contribution in [0.4, 0.5) is 5.13 Å². The zero-order chi connectivity index (χ0) is 9.26. The highest BCUT2D eigenvalue weighted by Crippen LogP contribution is 2.27. The predicted molar refractivity (Wildman–Crippen MR) is 58.9 cm³/mol. The van der Waals surface area contributed by atoms with Crippen molar-refractivity contribution in [1.29, 1.82) is 0 Å². The zero-order valence-electron chi connectivity index (χ0n) is 7.74. The highest BCUT2D eigenvalue weighted by Gasteiger charge is 2.07. The SMILES string of the molecule is CNc1nc2c(s1)C=CC(C)C=C2. The Morgan fingerprint density at radius 3 is 2.92 bits per heavy atom. The van der Waals surface area contributed by atoms with Crippen LogP contribution in [0.3, 0.4) is 0 Å². The molecule has 1 unspecified atom stereocenters. The van der Waals surface area contributed by atoms with Gasteiger partial charge in [-0.15, -0.1) is 0 Å². The number of fused-ring (bicyclic) bond motifs is 1. The van der Waals surface area contributed by atoms with E-state index >= 15 is 0 Å². The first kappa shape index (κ1) is 8.51. The quantitative estimate of drug-likeness (QED) is 0.740. The Bertz CT molecular complexity index is 332. The molecule has 68 valence electrons. The molecule has 1 aromatic heterocycles. The van der Waals surface area contributed by atoms with Crippen molar-refractivity contribution in [3.05, 3.63) is 22.7 Å². The van der Waals surface area contributed by atoms with E-state index in [1.54, 1.807) is 11.3 Å². The largest absolute Gasteiger partial charge is 0.365 e. The van der Waals surface area contributed by atoms with Crippen LogP contribution in [0.25, 0.3) is 12.2 Å². The van der Waals surface area contributed by atoms with Gasteiger partial charge in [0.15, 0.2) is 5.13 Å². The number of rotatable bonds is 1. The van der Waals surface area contributed by atoms with Crippen LogP contribution in [0.15, 0.2) is 12.2 Å². The lowest BCUT2D eigenvalue weighted by molar-refractivity contribution is 0.953. The van der Waals surface area contributed by atoms with E-state index in [1.165, 1.54) is 4.88 Å². The van der Waals surface area contributed by atoms with Gasteiger partial charge < -0.3 is 5.32 Å². The lowest BCUT2D eigenvalue weighted by atomic mass is 10.2. The van der Waals surface area contributed by atoms with Gasteiger partial charge in [0, 0.05) is 7.05 Å². The number of allylic oxidation sites excluding steroid dienone is 2. The highest BCUT2D eigenvalue weighted by molar-refractivity contribution is 7.16. The number of nitrogens with one attached hydrogen (secondary N) is 1. The van der Waals surface area contributed by atoms with Crippen molar-refractivity contribution in [3.63, 3.8) is 0 Å². The molecule has 0 fully saturated rings. The molecule has 0 aromatic carbocycles. The summed E-state index contributed by atoms with van der Waals surface area (Å²) in [4.78, 5) is 5.67. The van der Waals surface area contributed by atoms with Gasteiger partial charge in [-0.25, -0.2) is 4.98 Å². The maximum absolute atomic E-state index is 4.43. The van der Waals surface area contributed by atoms with E-state index in [-0.39, 0.29) is 0 Å². The molecule has 2 nitrogen and oxygen atoms in total. The number of thiazole rings is 1. The van der Waals surface area contributed by atoms with E-state index in [2.05, 4.69) is 41.5 Å². The van der Waals surface area contributed by atoms with Crippen LogP contribution >= 0.6 is 11.3 Å². The monoisotopic (exact) mass is 192 g/mol. The summed E-state index contributed by atoms with van der Waals surface area (Å²) in [6.07, 6.45) is 8.61. The third-order valence-electron chi connectivity index (χ3n) is 2.00. The Balaban J connectivity index is 2.42. The topological polar surface area (TPSA) is 24.9 Å². The second kappa shape index (κ2) is 3.34. The van der Waals surface area contributed by atoms with E-state index in [1.807, 2.05) is 7.05 Å². The molecule has 0 saturated carbocycles. The van der Waals surface area contributed by atoms with Gasteiger partial charge in [0.25, 0.3) is 0 Å². The first-order chi connectivity index (χ1) is 6.29. The molecular weight excluding hydrogens is 180 g/mol. The Hall–Kier alpha value is -1.09. The molecule has 1 aliphatic carbocycles. The third kappa shape index (κ3) is 1.65. The van der Waals surface area contributed by atoms with Gasteiger partial charge in [-0.3, -0.25) is 0 Å². The standard InChI is InChI=1S/C10H12N2S/c1-7-3-5-8-9(6-4-7)13-10(11-2)12-8/h3-7H,1-2H3,(H,11,12). The average molecular weight is 192 g/mol.